The van der Waals surface area contributed by atoms with Crippen LogP contribution >= 0.6 is 11.8 Å². The van der Waals surface area contributed by atoms with Gasteiger partial charge in [0.2, 0.25) is 18.2 Å². The molecule has 8 heteroatoms. The first-order chi connectivity index (χ1) is 12.0. The van der Waals surface area contributed by atoms with Crippen molar-refractivity contribution in [3.05, 3.63) is 24.5 Å². The van der Waals surface area contributed by atoms with Crippen molar-refractivity contribution < 1.29 is 35.6 Å². The monoisotopic (exact) mass is 455 g/mol. The van der Waals surface area contributed by atoms with E-state index >= 15 is 0 Å². The number of pyridine rings is 1. The molecule has 2 aromatic rings. The highest BCUT2D eigenvalue weighted by atomic mass is 79.9. The van der Waals surface area contributed by atoms with Gasteiger partial charge in [-0.25, -0.2) is 0 Å². The van der Waals surface area contributed by atoms with Crippen LogP contribution in [0.1, 0.15) is 41.5 Å². The van der Waals surface area contributed by atoms with Crippen LogP contribution in [0.2, 0.25) is 0 Å². The molecule has 0 aliphatic carbocycles. The van der Waals surface area contributed by atoms with Gasteiger partial charge in [0.05, 0.1) is 11.3 Å². The number of Topliss-reactive ketones (excluding diaryl/α,β-unsaturated/α-hetero) is 2. The van der Waals surface area contributed by atoms with Gasteiger partial charge in [0.15, 0.2) is 12.4 Å². The third kappa shape index (κ3) is 6.84. The minimum atomic E-state index is -0.382. The second-order valence-corrected chi connectivity index (χ2v) is 9.19. The molecule has 0 fully saturated rings. The van der Waals surface area contributed by atoms with Gasteiger partial charge in [-0.3, -0.25) is 9.59 Å². The lowest BCUT2D eigenvalue weighted by Crippen LogP contribution is -3.00. The number of halogens is 1. The van der Waals surface area contributed by atoms with Gasteiger partial charge in [0, 0.05) is 23.0 Å². The third-order valence-electron chi connectivity index (χ3n) is 3.87. The Morgan fingerprint density at radius 2 is 1.56 bits per heavy atom. The molecule has 2 rings (SSSR count). The molecule has 27 heavy (non-hydrogen) atoms. The zero-order chi connectivity index (χ0) is 19.5. The molecular weight excluding hydrogens is 430 g/mol. The van der Waals surface area contributed by atoms with Crippen molar-refractivity contribution in [2.75, 3.05) is 5.75 Å². The molecule has 0 aliphatic rings. The van der Waals surface area contributed by atoms with E-state index in [1.165, 1.54) is 11.8 Å². The molecule has 0 bridgehead atoms. The number of ketones is 2. The first-order valence-corrected chi connectivity index (χ1v) is 9.48. The van der Waals surface area contributed by atoms with E-state index in [4.69, 9.17) is 4.42 Å². The third-order valence-corrected chi connectivity index (χ3v) is 4.69. The number of carbonyl (C=O) groups excluding carboxylic acids is 2. The van der Waals surface area contributed by atoms with Gasteiger partial charge in [-0.15, -0.1) is 10.2 Å². The number of hydrogen-bond acceptors (Lipinski definition) is 6. The summed E-state index contributed by atoms with van der Waals surface area (Å²) in [7, 11) is 0. The Bertz CT molecular complexity index is 790. The van der Waals surface area contributed by atoms with Crippen LogP contribution in [0.15, 0.2) is 34.2 Å². The van der Waals surface area contributed by atoms with Crippen LogP contribution in [0.3, 0.4) is 0 Å². The highest BCUT2D eigenvalue weighted by molar-refractivity contribution is 7.99. The molecule has 6 nitrogen and oxygen atoms in total. The fourth-order valence-corrected chi connectivity index (χ4v) is 2.76. The smallest absolute Gasteiger partial charge is 0.277 e. The van der Waals surface area contributed by atoms with Crippen LogP contribution in [-0.4, -0.2) is 27.5 Å². The molecule has 148 valence electrons. The summed E-state index contributed by atoms with van der Waals surface area (Å²) in [6.07, 6.45) is 3.64. The van der Waals surface area contributed by atoms with Gasteiger partial charge in [-0.2, -0.15) is 4.57 Å². The average Bonchev–Trinajstić information content (AvgIpc) is 3.00. The van der Waals surface area contributed by atoms with Crippen molar-refractivity contribution in [2.45, 2.75) is 53.3 Å². The van der Waals surface area contributed by atoms with Crippen LogP contribution < -0.4 is 21.5 Å². The van der Waals surface area contributed by atoms with E-state index in [1.807, 2.05) is 70.6 Å². The van der Waals surface area contributed by atoms with E-state index in [0.717, 1.165) is 5.56 Å². The van der Waals surface area contributed by atoms with Crippen molar-refractivity contribution in [1.82, 2.24) is 10.2 Å². The van der Waals surface area contributed by atoms with Gasteiger partial charge in [-0.1, -0.05) is 53.3 Å². The Labute approximate surface area is 174 Å². The summed E-state index contributed by atoms with van der Waals surface area (Å²) in [5.41, 5.74) is 0.0216. The van der Waals surface area contributed by atoms with Gasteiger partial charge in [0.1, 0.15) is 5.78 Å². The Morgan fingerprint density at radius 1 is 1.00 bits per heavy atom. The Hall–Kier alpha value is -1.54. The fourth-order valence-electron chi connectivity index (χ4n) is 1.84. The molecule has 0 aromatic carbocycles. The normalized spacial score (nSPS) is 11.8. The van der Waals surface area contributed by atoms with Gasteiger partial charge < -0.3 is 21.4 Å². The topological polar surface area (TPSA) is 76.9 Å². The lowest BCUT2D eigenvalue weighted by atomic mass is 9.91. The molecule has 0 unspecified atom stereocenters. The molecule has 0 saturated carbocycles. The summed E-state index contributed by atoms with van der Waals surface area (Å²) < 4.78 is 7.44. The van der Waals surface area contributed by atoms with E-state index in [9.17, 15) is 9.59 Å². The highest BCUT2D eigenvalue weighted by Gasteiger charge is 2.25. The van der Waals surface area contributed by atoms with Gasteiger partial charge >= 0.3 is 0 Å². The minimum Gasteiger partial charge on any atom is -1.00 e. The summed E-state index contributed by atoms with van der Waals surface area (Å²) in [6.45, 7) is 11.7. The van der Waals surface area contributed by atoms with E-state index < -0.39 is 0 Å². The quantitative estimate of drug-likeness (QED) is 0.461. The zero-order valence-electron chi connectivity index (χ0n) is 16.6. The molecule has 0 amide bonds. The highest BCUT2D eigenvalue weighted by Crippen LogP contribution is 2.25. The second kappa shape index (κ2) is 9.10. The zero-order valence-corrected chi connectivity index (χ0v) is 19.0. The first-order valence-electron chi connectivity index (χ1n) is 8.49. The largest absolute Gasteiger partial charge is 1.00 e. The maximum absolute atomic E-state index is 12.1. The molecule has 0 aliphatic heterocycles. The molecule has 0 radical (unpaired) electrons. The molecule has 2 aromatic heterocycles. The van der Waals surface area contributed by atoms with Crippen molar-refractivity contribution in [3.63, 3.8) is 0 Å². The van der Waals surface area contributed by atoms with E-state index in [2.05, 4.69) is 10.2 Å². The Kier molecular flexibility index (Phi) is 7.92. The van der Waals surface area contributed by atoms with Gasteiger partial charge in [0.25, 0.3) is 5.22 Å². The fraction of sp³-hybridized carbons (Fsp3) is 0.526. The Morgan fingerprint density at radius 3 is 2.07 bits per heavy atom. The van der Waals surface area contributed by atoms with Crippen LogP contribution in [0.5, 0.6) is 0 Å². The molecule has 0 atom stereocenters. The molecule has 0 saturated heterocycles. The van der Waals surface area contributed by atoms with Crippen molar-refractivity contribution in [1.29, 1.82) is 0 Å². The van der Waals surface area contributed by atoms with Crippen LogP contribution in [0.4, 0.5) is 0 Å². The standard InChI is InChI=1S/C19H26N3O3S.BrH/c1-18(2,3)14(23)11-22-9-7-13(8-10-22)16-20-21-17(25-16)26-12-15(24)19(4,5)6;/h7-10H,11-12H2,1-6H3;1H/q+1;/p-1. The molecule has 2 heterocycles. The minimum absolute atomic E-state index is 0. The Balaban J connectivity index is 0.00000364. The van der Waals surface area contributed by atoms with Crippen LogP contribution in [-0.2, 0) is 16.1 Å². The summed E-state index contributed by atoms with van der Waals surface area (Å²) in [5, 5.41) is 8.39. The molecular formula is C19H26BrN3O3S. The number of nitrogens with zero attached hydrogens (tertiary/aromatic N) is 3. The molecule has 0 N–H and O–H groups in total. The van der Waals surface area contributed by atoms with Crippen molar-refractivity contribution in [3.8, 4) is 11.5 Å². The van der Waals surface area contributed by atoms with Crippen LogP contribution in [0.25, 0.3) is 11.5 Å². The molecule has 0 spiro atoms. The maximum Gasteiger partial charge on any atom is 0.277 e. The van der Waals surface area contributed by atoms with E-state index in [-0.39, 0.29) is 39.4 Å². The predicted molar refractivity (Wildman–Crippen MR) is 99.6 cm³/mol. The number of hydrogen-bond donors (Lipinski definition) is 0. The van der Waals surface area contributed by atoms with Gasteiger partial charge in [-0.05, 0) is 0 Å². The lowest BCUT2D eigenvalue weighted by molar-refractivity contribution is -0.684. The second-order valence-electron chi connectivity index (χ2n) is 8.27. The van der Waals surface area contributed by atoms with Crippen LogP contribution in [0, 0.1) is 10.8 Å². The number of carbonyl (C=O) groups is 2. The first kappa shape index (κ1) is 23.5. The SMILES string of the molecule is CC(C)(C)C(=O)CSc1nnc(-c2cc[n+](CC(=O)C(C)(C)C)cc2)o1.[Br-]. The van der Waals surface area contributed by atoms with E-state index in [0.29, 0.717) is 23.4 Å². The summed E-state index contributed by atoms with van der Waals surface area (Å²) in [5.74, 6) is 0.987. The maximum atomic E-state index is 12.1. The van der Waals surface area contributed by atoms with Crippen molar-refractivity contribution in [2.24, 2.45) is 10.8 Å². The number of rotatable bonds is 6. The summed E-state index contributed by atoms with van der Waals surface area (Å²) >= 11 is 1.25. The average molecular weight is 456 g/mol. The van der Waals surface area contributed by atoms with E-state index in [1.54, 1.807) is 0 Å². The summed E-state index contributed by atoms with van der Waals surface area (Å²) in [6, 6.07) is 3.66. The number of aromatic nitrogens is 3. The number of thioether (sulfide) groups is 1. The van der Waals surface area contributed by atoms with Crippen molar-refractivity contribution >= 4 is 23.3 Å². The lowest BCUT2D eigenvalue weighted by Gasteiger charge is -2.14. The predicted octanol–water partition coefficient (Wildman–Crippen LogP) is 0.351. The summed E-state index contributed by atoms with van der Waals surface area (Å²) in [4.78, 5) is 24.1.